The van der Waals surface area contributed by atoms with Crippen LogP contribution < -0.4 is 10.6 Å². The van der Waals surface area contributed by atoms with Gasteiger partial charge in [-0.05, 0) is 33.9 Å². The maximum absolute atomic E-state index is 12.5. The quantitative estimate of drug-likeness (QED) is 0.662. The van der Waals surface area contributed by atoms with Gasteiger partial charge in [0.05, 0.1) is 6.04 Å². The van der Waals surface area contributed by atoms with Crippen LogP contribution >= 0.6 is 0 Å². The van der Waals surface area contributed by atoms with Crippen LogP contribution in [0, 0.1) is 0 Å². The number of amides is 1. The highest BCUT2D eigenvalue weighted by atomic mass is 16.2. The fourth-order valence-electron chi connectivity index (χ4n) is 2.86. The maximum Gasteiger partial charge on any atom is 0.241 e. The largest absolute Gasteiger partial charge is 0.337 e. The summed E-state index contributed by atoms with van der Waals surface area (Å²) < 4.78 is 0. The molecule has 0 spiro atoms. The van der Waals surface area contributed by atoms with E-state index in [1.165, 1.54) is 0 Å². The summed E-state index contributed by atoms with van der Waals surface area (Å²) in [5.74, 6) is 0.261. The molecule has 0 radical (unpaired) electrons. The fraction of sp³-hybridized carbons (Fsp3) is 0.923. The van der Waals surface area contributed by atoms with Crippen molar-refractivity contribution in [1.82, 2.24) is 20.4 Å². The van der Waals surface area contributed by atoms with Crippen molar-refractivity contribution in [2.75, 3.05) is 39.8 Å². The van der Waals surface area contributed by atoms with E-state index in [2.05, 4.69) is 41.3 Å². The lowest BCUT2D eigenvalue weighted by Gasteiger charge is -2.35. The van der Waals surface area contributed by atoms with Crippen LogP contribution in [0.4, 0.5) is 0 Å². The van der Waals surface area contributed by atoms with Gasteiger partial charge in [0.1, 0.15) is 0 Å². The molecule has 0 saturated carbocycles. The highest BCUT2D eigenvalue weighted by Gasteiger charge is 2.31. The first kappa shape index (κ1) is 13.8. The standard InChI is InChI=1S/C13H26N4O/c1-10-7-15-12(8-14-10)13(18)17-6-4-5-16(3)9-11(17)2/h10-12,14-15H,4-9H2,1-3H3. The molecule has 1 amide bonds. The highest BCUT2D eigenvalue weighted by Crippen LogP contribution is 2.11. The summed E-state index contributed by atoms with van der Waals surface area (Å²) >= 11 is 0. The summed E-state index contributed by atoms with van der Waals surface area (Å²) in [7, 11) is 2.13. The van der Waals surface area contributed by atoms with Gasteiger partial charge in [-0.25, -0.2) is 0 Å². The van der Waals surface area contributed by atoms with E-state index in [4.69, 9.17) is 0 Å². The third-order valence-electron chi connectivity index (χ3n) is 3.97. The minimum atomic E-state index is -0.0490. The van der Waals surface area contributed by atoms with Crippen LogP contribution in [0.15, 0.2) is 0 Å². The summed E-state index contributed by atoms with van der Waals surface area (Å²) in [5, 5.41) is 6.72. The second-order valence-electron chi connectivity index (χ2n) is 5.77. The van der Waals surface area contributed by atoms with Gasteiger partial charge in [0.25, 0.3) is 0 Å². The number of hydrogen-bond donors (Lipinski definition) is 2. The first-order valence-electron chi connectivity index (χ1n) is 7.03. The zero-order valence-electron chi connectivity index (χ0n) is 11.8. The Morgan fingerprint density at radius 1 is 1.17 bits per heavy atom. The molecular weight excluding hydrogens is 228 g/mol. The first-order valence-corrected chi connectivity index (χ1v) is 7.03. The van der Waals surface area contributed by atoms with Gasteiger partial charge >= 0.3 is 0 Å². The number of nitrogens with zero attached hydrogens (tertiary/aromatic N) is 2. The molecule has 104 valence electrons. The molecule has 5 heteroatoms. The van der Waals surface area contributed by atoms with E-state index in [9.17, 15) is 4.79 Å². The Balaban J connectivity index is 1.94. The summed E-state index contributed by atoms with van der Waals surface area (Å²) in [6.07, 6.45) is 1.07. The molecule has 5 nitrogen and oxygen atoms in total. The van der Waals surface area contributed by atoms with E-state index in [1.807, 2.05) is 0 Å². The Morgan fingerprint density at radius 2 is 1.94 bits per heavy atom. The lowest BCUT2D eigenvalue weighted by molar-refractivity contribution is -0.135. The van der Waals surface area contributed by atoms with Crippen molar-refractivity contribution in [2.45, 2.75) is 38.4 Å². The molecule has 0 bridgehead atoms. The van der Waals surface area contributed by atoms with Crippen LogP contribution in [-0.2, 0) is 4.79 Å². The second-order valence-corrected chi connectivity index (χ2v) is 5.77. The zero-order chi connectivity index (χ0) is 13.1. The molecule has 0 aliphatic carbocycles. The van der Waals surface area contributed by atoms with Gasteiger partial charge in [0.2, 0.25) is 5.91 Å². The number of piperazine rings is 1. The predicted octanol–water partition coefficient (Wildman–Crippen LogP) is -0.511. The normalized spacial score (nSPS) is 35.3. The molecule has 2 aliphatic heterocycles. The Labute approximate surface area is 110 Å². The summed E-state index contributed by atoms with van der Waals surface area (Å²) in [5.41, 5.74) is 0. The van der Waals surface area contributed by atoms with Crippen LogP contribution in [0.2, 0.25) is 0 Å². The molecule has 0 aromatic heterocycles. The van der Waals surface area contributed by atoms with Crippen LogP contribution in [-0.4, -0.2) is 73.6 Å². The average molecular weight is 254 g/mol. The minimum Gasteiger partial charge on any atom is -0.337 e. The maximum atomic E-state index is 12.5. The van der Waals surface area contributed by atoms with Crippen molar-refractivity contribution in [3.8, 4) is 0 Å². The lowest BCUT2D eigenvalue weighted by atomic mass is 10.1. The molecule has 2 rings (SSSR count). The molecular formula is C13H26N4O. The van der Waals surface area contributed by atoms with Crippen LogP contribution in [0.5, 0.6) is 0 Å². The highest BCUT2D eigenvalue weighted by molar-refractivity contribution is 5.82. The molecule has 3 atom stereocenters. The predicted molar refractivity (Wildman–Crippen MR) is 72.5 cm³/mol. The molecule has 2 aliphatic rings. The second kappa shape index (κ2) is 5.99. The van der Waals surface area contributed by atoms with Gasteiger partial charge < -0.3 is 20.4 Å². The number of carbonyl (C=O) groups excluding carboxylic acids is 1. The van der Waals surface area contributed by atoms with Gasteiger partial charge in [-0.2, -0.15) is 0 Å². The van der Waals surface area contributed by atoms with E-state index >= 15 is 0 Å². The van der Waals surface area contributed by atoms with Crippen molar-refractivity contribution in [3.05, 3.63) is 0 Å². The van der Waals surface area contributed by atoms with Gasteiger partial charge in [-0.15, -0.1) is 0 Å². The SMILES string of the molecule is CC1CNC(C(=O)N2CCCN(C)CC2C)CN1. The topological polar surface area (TPSA) is 47.6 Å². The fourth-order valence-corrected chi connectivity index (χ4v) is 2.86. The van der Waals surface area contributed by atoms with Gasteiger partial charge in [-0.1, -0.05) is 0 Å². The summed E-state index contributed by atoms with van der Waals surface area (Å²) in [4.78, 5) is 16.9. The summed E-state index contributed by atoms with van der Waals surface area (Å²) in [6, 6.07) is 0.722. The number of likely N-dealkylation sites (N-methyl/N-ethyl adjacent to an activating group) is 1. The van der Waals surface area contributed by atoms with Crippen molar-refractivity contribution < 1.29 is 4.79 Å². The van der Waals surface area contributed by atoms with Gasteiger partial charge in [-0.3, -0.25) is 4.79 Å². The number of carbonyl (C=O) groups is 1. The van der Waals surface area contributed by atoms with Crippen molar-refractivity contribution in [3.63, 3.8) is 0 Å². The molecule has 2 fully saturated rings. The monoisotopic (exact) mass is 254 g/mol. The van der Waals surface area contributed by atoms with E-state index in [0.717, 1.165) is 39.1 Å². The molecule has 2 heterocycles. The molecule has 2 N–H and O–H groups in total. The minimum absolute atomic E-state index is 0.0490. The van der Waals surface area contributed by atoms with E-state index < -0.39 is 0 Å². The molecule has 18 heavy (non-hydrogen) atoms. The van der Waals surface area contributed by atoms with E-state index in [1.54, 1.807) is 0 Å². The number of hydrogen-bond acceptors (Lipinski definition) is 4. The molecule has 2 saturated heterocycles. The van der Waals surface area contributed by atoms with E-state index in [-0.39, 0.29) is 11.9 Å². The number of nitrogens with one attached hydrogen (secondary N) is 2. The number of rotatable bonds is 1. The van der Waals surface area contributed by atoms with Crippen molar-refractivity contribution >= 4 is 5.91 Å². The van der Waals surface area contributed by atoms with E-state index in [0.29, 0.717) is 12.1 Å². The van der Waals surface area contributed by atoms with Crippen LogP contribution in [0.25, 0.3) is 0 Å². The average Bonchev–Trinajstić information content (AvgIpc) is 2.50. The molecule has 3 unspecified atom stereocenters. The van der Waals surface area contributed by atoms with Crippen LogP contribution in [0.1, 0.15) is 20.3 Å². The molecule has 0 aromatic rings. The zero-order valence-corrected chi connectivity index (χ0v) is 11.8. The van der Waals surface area contributed by atoms with Crippen LogP contribution in [0.3, 0.4) is 0 Å². The van der Waals surface area contributed by atoms with Crippen molar-refractivity contribution in [2.24, 2.45) is 0 Å². The Hall–Kier alpha value is -0.650. The summed E-state index contributed by atoms with van der Waals surface area (Å²) in [6.45, 7) is 8.86. The van der Waals surface area contributed by atoms with Gasteiger partial charge in [0.15, 0.2) is 0 Å². The Bertz CT molecular complexity index is 289. The molecule has 0 aromatic carbocycles. The third kappa shape index (κ3) is 3.22. The Morgan fingerprint density at radius 3 is 2.61 bits per heavy atom. The third-order valence-corrected chi connectivity index (χ3v) is 3.97. The Kier molecular flexibility index (Phi) is 4.59. The lowest BCUT2D eigenvalue weighted by Crippen LogP contribution is -2.60. The smallest absolute Gasteiger partial charge is 0.241 e. The van der Waals surface area contributed by atoms with Gasteiger partial charge in [0, 0.05) is 38.3 Å². The first-order chi connectivity index (χ1) is 8.58. The van der Waals surface area contributed by atoms with Crippen molar-refractivity contribution in [1.29, 1.82) is 0 Å².